The summed E-state index contributed by atoms with van der Waals surface area (Å²) in [4.78, 5) is 2.43. The number of fused-ring (bicyclic) bond motifs is 10. The minimum Gasteiger partial charge on any atom is -0.310 e. The normalized spacial score (nSPS) is 15.3. The van der Waals surface area contributed by atoms with Crippen molar-refractivity contribution in [3.8, 4) is 44.5 Å². The summed E-state index contributed by atoms with van der Waals surface area (Å²) in [7, 11) is 0. The fourth-order valence-electron chi connectivity index (χ4n) is 11.8. The Hall–Kier alpha value is -7.48. The van der Waals surface area contributed by atoms with Gasteiger partial charge in [0.2, 0.25) is 0 Å². The van der Waals surface area contributed by atoms with E-state index in [1.54, 1.807) is 0 Å². The molecule has 1 heteroatoms. The molecule has 0 saturated carbocycles. The maximum Gasteiger partial charge on any atom is 0.0468 e. The first-order valence-corrected chi connectivity index (χ1v) is 23.9. The molecule has 0 N–H and O–H groups in total. The van der Waals surface area contributed by atoms with Crippen LogP contribution in [0.3, 0.4) is 0 Å². The summed E-state index contributed by atoms with van der Waals surface area (Å²) in [5.74, 6) is 0. The van der Waals surface area contributed by atoms with Crippen LogP contribution in [0, 0.1) is 0 Å². The fraction of sp³-hybridized carbons (Fsp3) is 0.152. The number of allylic oxidation sites excluding steroid dienone is 1. The third-order valence-corrected chi connectivity index (χ3v) is 15.5. The second-order valence-electron chi connectivity index (χ2n) is 20.6. The maximum absolute atomic E-state index is 2.44. The summed E-state index contributed by atoms with van der Waals surface area (Å²) < 4.78 is 0. The Bertz CT molecular complexity index is 3550. The summed E-state index contributed by atoms with van der Waals surface area (Å²) in [6.07, 6.45) is 8.89. The molecule has 9 aromatic carbocycles. The van der Waals surface area contributed by atoms with Crippen LogP contribution < -0.4 is 4.90 Å². The van der Waals surface area contributed by atoms with E-state index in [9.17, 15) is 0 Å². The van der Waals surface area contributed by atoms with Gasteiger partial charge in [-0.1, -0.05) is 205 Å². The van der Waals surface area contributed by atoms with Gasteiger partial charge in [0.25, 0.3) is 0 Å². The van der Waals surface area contributed by atoms with Gasteiger partial charge in [0.15, 0.2) is 0 Å². The molecule has 3 aliphatic carbocycles. The van der Waals surface area contributed by atoms with E-state index in [0.29, 0.717) is 0 Å². The summed E-state index contributed by atoms with van der Waals surface area (Å²) in [6.45, 7) is 16.3. The molecular weight excluding hydrogens is 807 g/mol. The van der Waals surface area contributed by atoms with Crippen molar-refractivity contribution in [1.82, 2.24) is 0 Å². The zero-order chi connectivity index (χ0) is 45.8. The van der Waals surface area contributed by atoms with Crippen LogP contribution in [0.1, 0.15) is 98.5 Å². The van der Waals surface area contributed by atoms with E-state index < -0.39 is 0 Å². The molecule has 0 heterocycles. The summed E-state index contributed by atoms with van der Waals surface area (Å²) in [6, 6.07) is 68.7. The molecule has 9 aromatic rings. The van der Waals surface area contributed by atoms with Crippen LogP contribution in [0.25, 0.3) is 73.5 Å². The molecule has 0 atom stereocenters. The Kier molecular flexibility index (Phi) is 9.19. The SMILES string of the molecule is C/C=C/c1ccc2c(c1)C(C)(C)c1cc(/C=C/c3ccc4c(c3)C(C)(C)c3cc(N(c5ccc(-c6ccc7c(c6)C(C)(C)c6ccccc6-7)cc5)c5ccc6ccccc6c5)ccc3-4)ccc1-2. The van der Waals surface area contributed by atoms with E-state index in [4.69, 9.17) is 0 Å². The number of hydrogen-bond donors (Lipinski definition) is 0. The largest absolute Gasteiger partial charge is 0.310 e. The molecule has 0 fully saturated rings. The zero-order valence-electron chi connectivity index (χ0n) is 39.6. The first-order chi connectivity index (χ1) is 32.4. The molecule has 0 aromatic heterocycles. The first kappa shape index (κ1) is 41.0. The molecule has 0 spiro atoms. The van der Waals surface area contributed by atoms with E-state index >= 15 is 0 Å². The number of hydrogen-bond acceptors (Lipinski definition) is 1. The van der Waals surface area contributed by atoms with Crippen LogP contribution in [0.2, 0.25) is 0 Å². The molecule has 0 amide bonds. The number of rotatable bonds is 7. The number of nitrogens with zero attached hydrogens (tertiary/aromatic N) is 1. The van der Waals surface area contributed by atoms with Crippen LogP contribution in [-0.4, -0.2) is 0 Å². The maximum atomic E-state index is 2.44. The Morgan fingerprint density at radius 1 is 0.313 bits per heavy atom. The van der Waals surface area contributed by atoms with E-state index in [1.165, 1.54) is 105 Å². The molecule has 0 radical (unpaired) electrons. The van der Waals surface area contributed by atoms with Gasteiger partial charge in [0, 0.05) is 33.3 Å². The van der Waals surface area contributed by atoms with Crippen molar-refractivity contribution in [1.29, 1.82) is 0 Å². The quantitative estimate of drug-likeness (QED) is 0.144. The van der Waals surface area contributed by atoms with Crippen molar-refractivity contribution in [3.63, 3.8) is 0 Å². The lowest BCUT2D eigenvalue weighted by atomic mass is 9.81. The van der Waals surface area contributed by atoms with Gasteiger partial charge in [0.05, 0.1) is 0 Å². The predicted octanol–water partition coefficient (Wildman–Crippen LogP) is 18.1. The van der Waals surface area contributed by atoms with E-state index in [2.05, 4.69) is 260 Å². The second-order valence-corrected chi connectivity index (χ2v) is 20.6. The first-order valence-electron chi connectivity index (χ1n) is 23.9. The molecule has 3 aliphatic rings. The highest BCUT2D eigenvalue weighted by Crippen LogP contribution is 2.53. The Morgan fingerprint density at radius 3 is 1.34 bits per heavy atom. The highest BCUT2D eigenvalue weighted by atomic mass is 15.1. The van der Waals surface area contributed by atoms with Crippen LogP contribution in [0.5, 0.6) is 0 Å². The van der Waals surface area contributed by atoms with E-state index in [0.717, 1.165) is 17.1 Å². The molecule has 0 saturated heterocycles. The highest BCUT2D eigenvalue weighted by Gasteiger charge is 2.38. The summed E-state index contributed by atoms with van der Waals surface area (Å²) >= 11 is 0. The molecule has 67 heavy (non-hydrogen) atoms. The monoisotopic (exact) mass is 861 g/mol. The minimum atomic E-state index is -0.195. The summed E-state index contributed by atoms with van der Waals surface area (Å²) in [5, 5.41) is 2.47. The Labute approximate surface area is 396 Å². The predicted molar refractivity (Wildman–Crippen MR) is 287 cm³/mol. The van der Waals surface area contributed by atoms with Gasteiger partial charge in [0.1, 0.15) is 0 Å². The zero-order valence-corrected chi connectivity index (χ0v) is 39.6. The van der Waals surface area contributed by atoms with E-state index in [-0.39, 0.29) is 16.2 Å². The third-order valence-electron chi connectivity index (χ3n) is 15.5. The van der Waals surface area contributed by atoms with Crippen LogP contribution in [-0.2, 0) is 16.2 Å². The van der Waals surface area contributed by atoms with Gasteiger partial charge in [-0.3, -0.25) is 0 Å². The minimum absolute atomic E-state index is 0.0421. The Balaban J connectivity index is 0.868. The Morgan fingerprint density at radius 2 is 0.731 bits per heavy atom. The topological polar surface area (TPSA) is 3.24 Å². The molecule has 1 nitrogen and oxygen atoms in total. The number of anilines is 3. The molecule has 0 bridgehead atoms. The molecule has 0 unspecified atom stereocenters. The smallest absolute Gasteiger partial charge is 0.0468 e. The van der Waals surface area contributed by atoms with Crippen molar-refractivity contribution in [2.24, 2.45) is 0 Å². The van der Waals surface area contributed by atoms with Crippen LogP contribution in [0.4, 0.5) is 17.1 Å². The second kappa shape index (κ2) is 15.0. The van der Waals surface area contributed by atoms with Crippen molar-refractivity contribution >= 4 is 46.1 Å². The van der Waals surface area contributed by atoms with Crippen molar-refractivity contribution in [2.75, 3.05) is 4.90 Å². The lowest BCUT2D eigenvalue weighted by molar-refractivity contribution is 0.660. The van der Waals surface area contributed by atoms with Crippen LogP contribution in [0.15, 0.2) is 188 Å². The highest BCUT2D eigenvalue weighted by molar-refractivity contribution is 5.92. The fourth-order valence-corrected chi connectivity index (χ4v) is 11.8. The van der Waals surface area contributed by atoms with Crippen molar-refractivity contribution in [2.45, 2.75) is 64.7 Å². The molecule has 0 aliphatic heterocycles. The molecule has 324 valence electrons. The van der Waals surface area contributed by atoms with E-state index in [1.807, 2.05) is 0 Å². The van der Waals surface area contributed by atoms with Gasteiger partial charge < -0.3 is 4.90 Å². The van der Waals surface area contributed by atoms with Gasteiger partial charge in [-0.2, -0.15) is 0 Å². The number of benzene rings is 9. The standard InChI is InChI=1S/C66H55N/c1-8-13-42-20-31-53-54-32-21-43(37-60(54)65(4,5)59(53)36-42)18-19-44-22-33-55-57-35-30-51(41-63(57)66(6,7)61(55)38-44)67(50-29-25-45-14-9-10-15-47(45)39-50)49-27-23-46(24-28-49)48-26-34-56-52-16-11-12-17-58(52)64(2,3)62(56)40-48/h8-41H,1-7H3/b13-8+,19-18+. The molecule has 12 rings (SSSR count). The van der Waals surface area contributed by atoms with Gasteiger partial charge in [-0.15, -0.1) is 0 Å². The van der Waals surface area contributed by atoms with Crippen LogP contribution >= 0.6 is 0 Å². The average Bonchev–Trinajstić information content (AvgIpc) is 3.82. The summed E-state index contributed by atoms with van der Waals surface area (Å²) in [5.41, 5.74) is 25.7. The third kappa shape index (κ3) is 6.43. The van der Waals surface area contributed by atoms with Gasteiger partial charge in [-0.05, 0) is 155 Å². The van der Waals surface area contributed by atoms with Crippen molar-refractivity contribution in [3.05, 3.63) is 238 Å². The average molecular weight is 862 g/mol. The lowest BCUT2D eigenvalue weighted by Crippen LogP contribution is -2.16. The van der Waals surface area contributed by atoms with Gasteiger partial charge in [-0.25, -0.2) is 0 Å². The van der Waals surface area contributed by atoms with Gasteiger partial charge >= 0.3 is 0 Å². The lowest BCUT2D eigenvalue weighted by Gasteiger charge is -2.28. The molecular formula is C66H55N. The van der Waals surface area contributed by atoms with Crippen molar-refractivity contribution < 1.29 is 0 Å².